The van der Waals surface area contributed by atoms with Crippen LogP contribution in [-0.2, 0) is 19.0 Å². The fourth-order valence-corrected chi connectivity index (χ4v) is 2.75. The summed E-state index contributed by atoms with van der Waals surface area (Å²) in [4.78, 5) is 10.5. The lowest BCUT2D eigenvalue weighted by molar-refractivity contribution is -0.133. The van der Waals surface area contributed by atoms with Crippen molar-refractivity contribution in [3.63, 3.8) is 0 Å². The quantitative estimate of drug-likeness (QED) is 0.794. The Morgan fingerprint density at radius 3 is 2.82 bits per heavy atom. The maximum absolute atomic E-state index is 12.9. The second kappa shape index (κ2) is 5.56. The highest BCUT2D eigenvalue weighted by atomic mass is 32.1. The number of thiophene rings is 1. The van der Waals surface area contributed by atoms with Crippen molar-refractivity contribution in [2.24, 2.45) is 0 Å². The van der Waals surface area contributed by atoms with E-state index in [1.165, 1.54) is 11.4 Å². The summed E-state index contributed by atoms with van der Waals surface area (Å²) in [5, 5.41) is 5.00. The third-order valence-corrected chi connectivity index (χ3v) is 3.92. The molecule has 1 N–H and O–H groups in total. The van der Waals surface area contributed by atoms with Crippen molar-refractivity contribution in [2.75, 3.05) is 0 Å². The van der Waals surface area contributed by atoms with Crippen molar-refractivity contribution in [3.8, 4) is 11.4 Å². The summed E-state index contributed by atoms with van der Waals surface area (Å²) in [6.07, 6.45) is -1.76. The van der Waals surface area contributed by atoms with Gasteiger partial charge in [-0.1, -0.05) is 5.16 Å². The molecule has 0 radical (unpaired) electrons. The van der Waals surface area contributed by atoms with Gasteiger partial charge in [-0.2, -0.15) is 18.2 Å². The summed E-state index contributed by atoms with van der Waals surface area (Å²) in [6, 6.07) is 1.35. The van der Waals surface area contributed by atoms with Crippen LogP contribution in [0.5, 0.6) is 0 Å². The molecule has 0 saturated heterocycles. The molecule has 3 aromatic heterocycles. The van der Waals surface area contributed by atoms with E-state index in [0.29, 0.717) is 24.2 Å². The third kappa shape index (κ3) is 3.03. The molecule has 9 heteroatoms. The highest BCUT2D eigenvalue weighted by Gasteiger charge is 2.36. The predicted octanol–water partition coefficient (Wildman–Crippen LogP) is 3.63. The van der Waals surface area contributed by atoms with Crippen LogP contribution in [0.2, 0.25) is 0 Å². The molecule has 0 aliphatic rings. The molecule has 0 spiro atoms. The van der Waals surface area contributed by atoms with Crippen LogP contribution in [0, 0.1) is 6.92 Å². The van der Waals surface area contributed by atoms with E-state index >= 15 is 0 Å². The molecule has 0 atom stereocenters. The number of imidazole rings is 1. The van der Waals surface area contributed by atoms with Gasteiger partial charge in [0.2, 0.25) is 11.7 Å². The van der Waals surface area contributed by atoms with Crippen molar-refractivity contribution in [3.05, 3.63) is 39.9 Å². The van der Waals surface area contributed by atoms with Gasteiger partial charge in [0.25, 0.3) is 0 Å². The standard InChI is InChI=1S/C13H11F3N4OS/c1-7-6-17-9(18-7)2-3-10-19-12(20-21-10)8-4-5-22-11(8)13(14,15)16/h4-6H,2-3H2,1H3,(H,17,18). The second-order valence-corrected chi connectivity index (χ2v) is 5.60. The van der Waals surface area contributed by atoms with E-state index in [0.717, 1.165) is 11.5 Å². The van der Waals surface area contributed by atoms with Gasteiger partial charge in [-0.15, -0.1) is 11.3 Å². The molecule has 116 valence electrons. The van der Waals surface area contributed by atoms with E-state index < -0.39 is 11.1 Å². The minimum Gasteiger partial charge on any atom is -0.346 e. The number of hydrogen-bond acceptors (Lipinski definition) is 5. The maximum Gasteiger partial charge on any atom is 0.426 e. The molecule has 3 rings (SSSR count). The average Bonchev–Trinajstić information content (AvgIpc) is 3.15. The van der Waals surface area contributed by atoms with Gasteiger partial charge in [-0.05, 0) is 18.4 Å². The van der Waals surface area contributed by atoms with Crippen molar-refractivity contribution in [2.45, 2.75) is 25.9 Å². The molecular formula is C13H11F3N4OS. The van der Waals surface area contributed by atoms with Crippen LogP contribution >= 0.6 is 11.3 Å². The molecule has 0 amide bonds. The minimum absolute atomic E-state index is 0.0424. The molecule has 0 fully saturated rings. The molecule has 3 aromatic rings. The summed E-state index contributed by atoms with van der Waals surface area (Å²) >= 11 is 0.612. The van der Waals surface area contributed by atoms with E-state index in [2.05, 4.69) is 20.1 Å². The summed E-state index contributed by atoms with van der Waals surface area (Å²) in [6.45, 7) is 1.89. The first-order valence-corrected chi connectivity index (χ1v) is 7.29. The highest BCUT2D eigenvalue weighted by Crippen LogP contribution is 2.39. The van der Waals surface area contributed by atoms with Gasteiger partial charge in [0.05, 0.1) is 0 Å². The topological polar surface area (TPSA) is 67.6 Å². The lowest BCUT2D eigenvalue weighted by atomic mass is 10.2. The molecule has 0 aliphatic carbocycles. The summed E-state index contributed by atoms with van der Waals surface area (Å²) in [7, 11) is 0. The molecular weight excluding hydrogens is 317 g/mol. The van der Waals surface area contributed by atoms with E-state index in [4.69, 9.17) is 4.52 Å². The van der Waals surface area contributed by atoms with Gasteiger partial charge in [-0.25, -0.2) is 4.98 Å². The summed E-state index contributed by atoms with van der Waals surface area (Å²) in [5.41, 5.74) is 0.885. The molecule has 0 aromatic carbocycles. The molecule has 0 bridgehead atoms. The number of rotatable bonds is 4. The number of alkyl halides is 3. The van der Waals surface area contributed by atoms with Gasteiger partial charge in [-0.3, -0.25) is 0 Å². The number of halogens is 3. The summed E-state index contributed by atoms with van der Waals surface area (Å²) < 4.78 is 43.6. The van der Waals surface area contributed by atoms with Crippen LogP contribution in [-0.4, -0.2) is 20.1 Å². The molecule has 0 unspecified atom stereocenters. The number of nitrogens with one attached hydrogen (secondary N) is 1. The van der Waals surface area contributed by atoms with Crippen LogP contribution < -0.4 is 0 Å². The molecule has 0 aliphatic heterocycles. The maximum atomic E-state index is 12.9. The predicted molar refractivity (Wildman–Crippen MR) is 73.3 cm³/mol. The zero-order valence-electron chi connectivity index (χ0n) is 11.4. The lowest BCUT2D eigenvalue weighted by Crippen LogP contribution is -2.03. The van der Waals surface area contributed by atoms with Gasteiger partial charge in [0, 0.05) is 30.3 Å². The number of H-pyrrole nitrogens is 1. The molecule has 0 saturated carbocycles. The van der Waals surface area contributed by atoms with Gasteiger partial charge < -0.3 is 9.51 Å². The van der Waals surface area contributed by atoms with Crippen molar-refractivity contribution in [1.29, 1.82) is 0 Å². The SMILES string of the molecule is Cc1cnc(CCc2nc(-c3ccsc3C(F)(F)F)no2)[nH]1. The number of hydrogen-bond donors (Lipinski definition) is 1. The fraction of sp³-hybridized carbons (Fsp3) is 0.308. The Balaban J connectivity index is 1.75. The first kappa shape index (κ1) is 14.8. The third-order valence-electron chi connectivity index (χ3n) is 2.96. The number of aryl methyl sites for hydroxylation is 3. The normalized spacial score (nSPS) is 12.0. The lowest BCUT2D eigenvalue weighted by Gasteiger charge is -2.04. The Morgan fingerprint density at radius 2 is 2.14 bits per heavy atom. The van der Waals surface area contributed by atoms with Crippen molar-refractivity contribution >= 4 is 11.3 Å². The van der Waals surface area contributed by atoms with Crippen LogP contribution in [0.1, 0.15) is 22.3 Å². The van der Waals surface area contributed by atoms with E-state index in [9.17, 15) is 13.2 Å². The van der Waals surface area contributed by atoms with Crippen LogP contribution in [0.3, 0.4) is 0 Å². The molecule has 5 nitrogen and oxygen atoms in total. The first-order chi connectivity index (χ1) is 10.4. The Kier molecular flexibility index (Phi) is 3.73. The Morgan fingerprint density at radius 1 is 1.32 bits per heavy atom. The van der Waals surface area contributed by atoms with E-state index in [-0.39, 0.29) is 17.3 Å². The van der Waals surface area contributed by atoms with E-state index in [1.54, 1.807) is 6.20 Å². The molecule has 3 heterocycles. The highest BCUT2D eigenvalue weighted by molar-refractivity contribution is 7.10. The number of nitrogens with zero attached hydrogens (tertiary/aromatic N) is 3. The second-order valence-electron chi connectivity index (χ2n) is 4.69. The Bertz CT molecular complexity index is 774. The van der Waals surface area contributed by atoms with Gasteiger partial charge in [0.1, 0.15) is 10.7 Å². The van der Waals surface area contributed by atoms with E-state index in [1.807, 2.05) is 6.92 Å². The largest absolute Gasteiger partial charge is 0.426 e. The van der Waals surface area contributed by atoms with Crippen LogP contribution in [0.15, 0.2) is 22.2 Å². The van der Waals surface area contributed by atoms with Crippen LogP contribution in [0.25, 0.3) is 11.4 Å². The zero-order chi connectivity index (χ0) is 15.7. The number of aromatic nitrogens is 4. The van der Waals surface area contributed by atoms with Crippen LogP contribution in [0.4, 0.5) is 13.2 Å². The van der Waals surface area contributed by atoms with Crippen molar-refractivity contribution in [1.82, 2.24) is 20.1 Å². The average molecular weight is 328 g/mol. The monoisotopic (exact) mass is 328 g/mol. The zero-order valence-corrected chi connectivity index (χ0v) is 12.3. The smallest absolute Gasteiger partial charge is 0.346 e. The van der Waals surface area contributed by atoms with Gasteiger partial charge >= 0.3 is 6.18 Å². The summed E-state index contributed by atoms with van der Waals surface area (Å²) in [5.74, 6) is 1.01. The minimum atomic E-state index is -4.42. The fourth-order valence-electron chi connectivity index (χ4n) is 1.99. The number of aromatic amines is 1. The van der Waals surface area contributed by atoms with Gasteiger partial charge in [0.15, 0.2) is 0 Å². The van der Waals surface area contributed by atoms with Crippen molar-refractivity contribution < 1.29 is 17.7 Å². The Hall–Kier alpha value is -2.16. The Labute approximate surface area is 127 Å². The first-order valence-electron chi connectivity index (χ1n) is 6.41. The molecule has 22 heavy (non-hydrogen) atoms.